The minimum atomic E-state index is -0.525. The number of rotatable bonds is 2. The molecule has 0 saturated heterocycles. The second-order valence-electron chi connectivity index (χ2n) is 6.55. The van der Waals surface area contributed by atoms with Gasteiger partial charge in [0.15, 0.2) is 0 Å². The van der Waals surface area contributed by atoms with Crippen molar-refractivity contribution in [1.29, 1.82) is 0 Å². The largest absolute Gasteiger partial charge is 0.469 e. The zero-order valence-electron chi connectivity index (χ0n) is 12.1. The third-order valence-corrected chi connectivity index (χ3v) is 4.07. The fourth-order valence-corrected chi connectivity index (χ4v) is 3.42. The number of ether oxygens (including phenoxy) is 2. The highest BCUT2D eigenvalue weighted by Crippen LogP contribution is 2.48. The van der Waals surface area contributed by atoms with Crippen molar-refractivity contribution in [2.75, 3.05) is 7.11 Å². The molecule has 2 aliphatic carbocycles. The Balaban J connectivity index is 2.02. The quantitative estimate of drug-likeness (QED) is 0.780. The minimum absolute atomic E-state index is 0.138. The predicted molar refractivity (Wildman–Crippen MR) is 69.5 cm³/mol. The molecule has 0 spiro atoms. The van der Waals surface area contributed by atoms with Gasteiger partial charge in [0.2, 0.25) is 0 Å². The number of carbonyl (C=O) groups excluding carboxylic acids is 2. The third-order valence-electron chi connectivity index (χ3n) is 4.07. The molecule has 2 rings (SSSR count). The van der Waals surface area contributed by atoms with Gasteiger partial charge >= 0.3 is 12.1 Å². The summed E-state index contributed by atoms with van der Waals surface area (Å²) < 4.78 is 10.1. The Kier molecular flexibility index (Phi) is 3.74. The van der Waals surface area contributed by atoms with Gasteiger partial charge in [0.1, 0.15) is 5.60 Å². The molecule has 0 heterocycles. The molecule has 0 aromatic heterocycles. The first-order chi connectivity index (χ1) is 8.81. The summed E-state index contributed by atoms with van der Waals surface area (Å²) in [6.45, 7) is 5.47. The number of esters is 1. The number of fused-ring (bicyclic) bond motifs is 2. The smallest absolute Gasteiger partial charge is 0.407 e. The van der Waals surface area contributed by atoms with Gasteiger partial charge in [-0.1, -0.05) is 0 Å². The molecular weight excluding hydrogens is 246 g/mol. The Morgan fingerprint density at radius 2 is 1.79 bits per heavy atom. The molecule has 0 unspecified atom stereocenters. The zero-order valence-corrected chi connectivity index (χ0v) is 12.1. The van der Waals surface area contributed by atoms with E-state index < -0.39 is 11.7 Å². The maximum atomic E-state index is 11.9. The van der Waals surface area contributed by atoms with Crippen LogP contribution in [-0.2, 0) is 14.3 Å². The van der Waals surface area contributed by atoms with Crippen molar-refractivity contribution < 1.29 is 19.1 Å². The van der Waals surface area contributed by atoms with E-state index in [0.29, 0.717) is 11.8 Å². The van der Waals surface area contributed by atoms with Gasteiger partial charge in [0, 0.05) is 6.04 Å². The van der Waals surface area contributed by atoms with Gasteiger partial charge in [-0.25, -0.2) is 4.79 Å². The molecule has 0 radical (unpaired) electrons. The number of methoxy groups -OCH3 is 1. The molecule has 1 amide bonds. The maximum Gasteiger partial charge on any atom is 0.407 e. The van der Waals surface area contributed by atoms with Crippen LogP contribution in [0.25, 0.3) is 0 Å². The lowest BCUT2D eigenvalue weighted by atomic mass is 9.84. The topological polar surface area (TPSA) is 64.6 Å². The third kappa shape index (κ3) is 3.01. The van der Waals surface area contributed by atoms with Crippen molar-refractivity contribution in [2.24, 2.45) is 17.8 Å². The van der Waals surface area contributed by atoms with Crippen LogP contribution in [0.2, 0.25) is 0 Å². The number of hydrogen-bond donors (Lipinski definition) is 1. The molecule has 1 N–H and O–H groups in total. The molecule has 19 heavy (non-hydrogen) atoms. The van der Waals surface area contributed by atoms with Crippen molar-refractivity contribution >= 4 is 12.1 Å². The Hall–Kier alpha value is -1.26. The Bertz CT molecular complexity index is 374. The zero-order chi connectivity index (χ0) is 14.2. The van der Waals surface area contributed by atoms with Crippen LogP contribution in [0.4, 0.5) is 4.79 Å². The van der Waals surface area contributed by atoms with Crippen LogP contribution in [0.3, 0.4) is 0 Å². The Morgan fingerprint density at radius 3 is 2.37 bits per heavy atom. The van der Waals surface area contributed by atoms with Gasteiger partial charge in [-0.15, -0.1) is 0 Å². The van der Waals surface area contributed by atoms with Gasteiger partial charge in [0.25, 0.3) is 0 Å². The molecule has 108 valence electrons. The highest BCUT2D eigenvalue weighted by molar-refractivity contribution is 5.76. The summed E-state index contributed by atoms with van der Waals surface area (Å²) in [4.78, 5) is 23.7. The SMILES string of the molecule is COC(=O)[C@@H]1[C@H]2CC[C@H](C2)[C@@H]1NC(=O)OC(C)(C)C. The van der Waals surface area contributed by atoms with Crippen LogP contribution in [0, 0.1) is 17.8 Å². The van der Waals surface area contributed by atoms with Gasteiger partial charge in [-0.3, -0.25) is 4.79 Å². The van der Waals surface area contributed by atoms with Gasteiger partial charge < -0.3 is 14.8 Å². The lowest BCUT2D eigenvalue weighted by Gasteiger charge is -2.30. The summed E-state index contributed by atoms with van der Waals surface area (Å²) in [5.74, 6) is 0.295. The monoisotopic (exact) mass is 269 g/mol. The average Bonchev–Trinajstić information content (AvgIpc) is 2.85. The van der Waals surface area contributed by atoms with E-state index in [1.165, 1.54) is 7.11 Å². The summed E-state index contributed by atoms with van der Waals surface area (Å²) in [7, 11) is 1.40. The first kappa shape index (κ1) is 14.2. The molecule has 5 nitrogen and oxygen atoms in total. The van der Waals surface area contributed by atoms with Crippen LogP contribution < -0.4 is 5.32 Å². The van der Waals surface area contributed by atoms with Crippen LogP contribution in [0.5, 0.6) is 0 Å². The molecule has 2 bridgehead atoms. The molecule has 0 aliphatic heterocycles. The van der Waals surface area contributed by atoms with Crippen LogP contribution >= 0.6 is 0 Å². The van der Waals surface area contributed by atoms with E-state index in [1.54, 1.807) is 0 Å². The lowest BCUT2D eigenvalue weighted by Crippen LogP contribution is -2.48. The fraction of sp³-hybridized carbons (Fsp3) is 0.857. The Morgan fingerprint density at radius 1 is 1.16 bits per heavy atom. The standard InChI is InChI=1S/C14H23NO4/c1-14(2,3)19-13(17)15-11-9-6-5-8(7-9)10(11)12(16)18-4/h8-11H,5-7H2,1-4H3,(H,15,17)/t8-,9+,10+,11-/m0/s1. The average molecular weight is 269 g/mol. The van der Waals surface area contributed by atoms with E-state index in [4.69, 9.17) is 9.47 Å². The summed E-state index contributed by atoms with van der Waals surface area (Å²) in [6.07, 6.45) is 2.68. The normalized spacial score (nSPS) is 33.1. The van der Waals surface area contributed by atoms with E-state index in [-0.39, 0.29) is 17.9 Å². The van der Waals surface area contributed by atoms with E-state index in [0.717, 1.165) is 19.3 Å². The fourth-order valence-electron chi connectivity index (χ4n) is 3.42. The molecule has 2 aliphatic rings. The summed E-state index contributed by atoms with van der Waals surface area (Å²) in [5.41, 5.74) is -0.525. The van der Waals surface area contributed by atoms with Crippen molar-refractivity contribution in [1.82, 2.24) is 5.32 Å². The van der Waals surface area contributed by atoms with Crippen LogP contribution in [-0.4, -0.2) is 30.8 Å². The maximum absolute atomic E-state index is 11.9. The molecule has 2 saturated carbocycles. The molecule has 4 atom stereocenters. The molecular formula is C14H23NO4. The van der Waals surface area contributed by atoms with Crippen molar-refractivity contribution in [3.8, 4) is 0 Å². The lowest BCUT2D eigenvalue weighted by molar-refractivity contribution is -0.148. The van der Waals surface area contributed by atoms with E-state index in [2.05, 4.69) is 5.32 Å². The highest BCUT2D eigenvalue weighted by atomic mass is 16.6. The highest BCUT2D eigenvalue weighted by Gasteiger charge is 2.52. The summed E-state index contributed by atoms with van der Waals surface area (Å²) >= 11 is 0. The van der Waals surface area contributed by atoms with Gasteiger partial charge in [-0.05, 0) is 51.9 Å². The second kappa shape index (κ2) is 5.02. The summed E-state index contributed by atoms with van der Waals surface area (Å²) in [6, 6.07) is -0.138. The van der Waals surface area contributed by atoms with Crippen LogP contribution in [0.15, 0.2) is 0 Å². The van der Waals surface area contributed by atoms with E-state index in [1.807, 2.05) is 20.8 Å². The first-order valence-electron chi connectivity index (χ1n) is 6.89. The minimum Gasteiger partial charge on any atom is -0.469 e. The molecule has 2 fully saturated rings. The van der Waals surface area contributed by atoms with Crippen molar-refractivity contribution in [3.05, 3.63) is 0 Å². The second-order valence-corrected chi connectivity index (χ2v) is 6.55. The number of amides is 1. The predicted octanol–water partition coefficient (Wildman–Crippen LogP) is 2.10. The number of hydrogen-bond acceptors (Lipinski definition) is 4. The van der Waals surface area contributed by atoms with Gasteiger partial charge in [0.05, 0.1) is 13.0 Å². The van der Waals surface area contributed by atoms with Gasteiger partial charge in [-0.2, -0.15) is 0 Å². The molecule has 0 aromatic rings. The number of nitrogens with one attached hydrogen (secondary N) is 1. The first-order valence-corrected chi connectivity index (χ1v) is 6.89. The molecule has 0 aromatic carbocycles. The van der Waals surface area contributed by atoms with Crippen molar-refractivity contribution in [2.45, 2.75) is 51.7 Å². The van der Waals surface area contributed by atoms with E-state index >= 15 is 0 Å². The van der Waals surface area contributed by atoms with Crippen LogP contribution in [0.1, 0.15) is 40.0 Å². The van der Waals surface area contributed by atoms with E-state index in [9.17, 15) is 9.59 Å². The number of carbonyl (C=O) groups is 2. The number of alkyl carbamates (subject to hydrolysis) is 1. The Labute approximate surface area is 114 Å². The molecule has 5 heteroatoms. The summed E-state index contributed by atoms with van der Waals surface area (Å²) in [5, 5.41) is 2.87. The van der Waals surface area contributed by atoms with Crippen molar-refractivity contribution in [3.63, 3.8) is 0 Å².